The molecule has 0 aromatic rings. The van der Waals surface area contributed by atoms with Crippen molar-refractivity contribution in [1.82, 2.24) is 0 Å². The lowest BCUT2D eigenvalue weighted by atomic mass is 9.44. The van der Waals surface area contributed by atoms with Crippen molar-refractivity contribution >= 4 is 17.5 Å². The van der Waals surface area contributed by atoms with Crippen molar-refractivity contribution in [1.29, 1.82) is 0 Å². The number of aliphatic hydroxyl groups excluding tert-OH is 2. The van der Waals surface area contributed by atoms with Gasteiger partial charge in [-0.25, -0.2) is 0 Å². The second-order valence-electron chi connectivity index (χ2n) is 11.8. The van der Waals surface area contributed by atoms with Crippen molar-refractivity contribution in [2.24, 2.45) is 40.4 Å². The zero-order chi connectivity index (χ0) is 24.3. The zero-order valence-electron chi connectivity index (χ0n) is 20.7. The van der Waals surface area contributed by atoms with Crippen LogP contribution in [0.2, 0.25) is 0 Å². The normalized spacial score (nSPS) is 46.6. The summed E-state index contributed by atoms with van der Waals surface area (Å²) >= 11 is 0. The van der Waals surface area contributed by atoms with Crippen molar-refractivity contribution in [3.63, 3.8) is 0 Å². The van der Waals surface area contributed by atoms with Crippen molar-refractivity contribution in [3.8, 4) is 0 Å². The van der Waals surface area contributed by atoms with Crippen LogP contribution in [0, 0.1) is 40.4 Å². The van der Waals surface area contributed by atoms with Gasteiger partial charge in [0.2, 0.25) is 5.78 Å². The van der Waals surface area contributed by atoms with Gasteiger partial charge in [0.1, 0.15) is 6.61 Å². The van der Waals surface area contributed by atoms with E-state index in [-0.39, 0.29) is 47.2 Å². The number of Topliss-reactive ketones (excluding diaryl/α,β-unsaturated/α-hetero) is 1. The van der Waals surface area contributed by atoms with Gasteiger partial charge in [-0.1, -0.05) is 40.2 Å². The first-order valence-corrected chi connectivity index (χ1v) is 12.7. The van der Waals surface area contributed by atoms with Crippen LogP contribution in [0.4, 0.5) is 0 Å². The Morgan fingerprint density at radius 2 is 1.91 bits per heavy atom. The molecule has 184 valence electrons. The smallest absolute Gasteiger partial charge is 0.306 e. The van der Waals surface area contributed by atoms with Crippen LogP contribution >= 0.6 is 0 Å². The minimum atomic E-state index is -1.42. The van der Waals surface area contributed by atoms with Gasteiger partial charge >= 0.3 is 5.97 Å². The largest absolute Gasteiger partial charge is 0.450 e. The lowest BCUT2D eigenvalue weighted by Crippen LogP contribution is -2.64. The number of esters is 1. The van der Waals surface area contributed by atoms with Gasteiger partial charge in [-0.15, -0.1) is 0 Å². The number of rotatable bonds is 5. The SMILES string of the molecule is CCCC(=O)O[C@]1(C(=O)CO)C(C)C[C@H]2[C@@H]3CC(C)C4=CC(=O)CC[C@]4(C)[C@H]3C(O)C[C@@]21C. The van der Waals surface area contributed by atoms with E-state index in [0.717, 1.165) is 19.3 Å². The van der Waals surface area contributed by atoms with E-state index in [0.29, 0.717) is 19.3 Å². The molecule has 0 heterocycles. The number of hydrogen-bond acceptors (Lipinski definition) is 6. The molecule has 0 aromatic heterocycles. The zero-order valence-corrected chi connectivity index (χ0v) is 20.7. The third kappa shape index (κ3) is 3.30. The highest BCUT2D eigenvalue weighted by Crippen LogP contribution is 2.70. The van der Waals surface area contributed by atoms with E-state index in [2.05, 4.69) is 13.8 Å². The predicted molar refractivity (Wildman–Crippen MR) is 123 cm³/mol. The highest BCUT2D eigenvalue weighted by Gasteiger charge is 2.73. The van der Waals surface area contributed by atoms with E-state index < -0.39 is 35.5 Å². The van der Waals surface area contributed by atoms with Gasteiger partial charge in [-0.05, 0) is 67.3 Å². The maximum Gasteiger partial charge on any atom is 0.306 e. The second kappa shape index (κ2) is 8.30. The molecular formula is C27H40O6. The van der Waals surface area contributed by atoms with E-state index in [1.807, 2.05) is 26.8 Å². The average molecular weight is 461 g/mol. The molecule has 3 saturated carbocycles. The molecule has 0 spiro atoms. The standard InChI is InChI=1S/C27H40O6/c1-6-7-23(32)33-27(22(31)14-28)16(3)11-20-18-10-15(2)19-12-17(29)8-9-25(19,4)24(18)21(30)13-26(20,27)5/h12,15-16,18,20-21,24,28,30H,6-11,13-14H2,1-5H3/t15?,16?,18-,20-,21?,24+,25-,26-,27-/m0/s1. The molecule has 0 radical (unpaired) electrons. The van der Waals surface area contributed by atoms with Crippen molar-refractivity contribution < 1.29 is 29.3 Å². The summed E-state index contributed by atoms with van der Waals surface area (Å²) in [4.78, 5) is 38.3. The van der Waals surface area contributed by atoms with E-state index in [1.165, 1.54) is 5.57 Å². The number of aliphatic hydroxyl groups is 2. The van der Waals surface area contributed by atoms with Gasteiger partial charge in [-0.2, -0.15) is 0 Å². The van der Waals surface area contributed by atoms with Crippen LogP contribution in [0.5, 0.6) is 0 Å². The summed E-state index contributed by atoms with van der Waals surface area (Å²) in [5.41, 5.74) is -1.25. The fourth-order valence-electron chi connectivity index (χ4n) is 8.86. The number of ether oxygens (including phenoxy) is 1. The van der Waals surface area contributed by atoms with Crippen molar-refractivity contribution in [3.05, 3.63) is 11.6 Å². The van der Waals surface area contributed by atoms with Crippen LogP contribution in [0.1, 0.15) is 79.6 Å². The predicted octanol–water partition coefficient (Wildman–Crippen LogP) is 3.62. The van der Waals surface area contributed by atoms with Crippen molar-refractivity contribution in [2.75, 3.05) is 6.61 Å². The summed E-state index contributed by atoms with van der Waals surface area (Å²) in [5.74, 6) is -0.464. The van der Waals surface area contributed by atoms with Gasteiger partial charge in [-0.3, -0.25) is 14.4 Å². The second-order valence-corrected chi connectivity index (χ2v) is 11.8. The molecular weight excluding hydrogens is 420 g/mol. The molecule has 4 rings (SSSR count). The van der Waals surface area contributed by atoms with Gasteiger partial charge in [0.25, 0.3) is 0 Å². The quantitative estimate of drug-likeness (QED) is 0.608. The van der Waals surface area contributed by atoms with Gasteiger partial charge < -0.3 is 14.9 Å². The summed E-state index contributed by atoms with van der Waals surface area (Å²) in [7, 11) is 0. The first-order chi connectivity index (χ1) is 15.5. The Bertz CT molecular complexity index is 878. The maximum absolute atomic E-state index is 13.3. The van der Waals surface area contributed by atoms with Gasteiger partial charge in [0.05, 0.1) is 6.10 Å². The summed E-state index contributed by atoms with van der Waals surface area (Å²) in [6.07, 6.45) is 5.15. The lowest BCUT2D eigenvalue weighted by molar-refractivity contribution is -0.208. The fourth-order valence-corrected chi connectivity index (χ4v) is 8.86. The molecule has 9 atom stereocenters. The highest BCUT2D eigenvalue weighted by molar-refractivity contribution is 5.93. The fraction of sp³-hybridized carbons (Fsp3) is 0.815. The van der Waals surface area contributed by atoms with Crippen LogP contribution in [0.15, 0.2) is 11.6 Å². The molecule has 0 aliphatic heterocycles. The number of hydrogen-bond donors (Lipinski definition) is 2. The molecule has 3 unspecified atom stereocenters. The molecule has 4 aliphatic carbocycles. The Hall–Kier alpha value is -1.53. The number of ketones is 2. The lowest BCUT2D eigenvalue weighted by Gasteiger charge is -2.62. The van der Waals surface area contributed by atoms with Gasteiger partial charge in [0.15, 0.2) is 11.4 Å². The molecule has 6 nitrogen and oxygen atoms in total. The van der Waals surface area contributed by atoms with Crippen LogP contribution in [0.25, 0.3) is 0 Å². The molecule has 0 saturated heterocycles. The van der Waals surface area contributed by atoms with Crippen LogP contribution in [-0.2, 0) is 19.1 Å². The Morgan fingerprint density at radius 1 is 1.21 bits per heavy atom. The van der Waals surface area contributed by atoms with E-state index in [4.69, 9.17) is 4.74 Å². The monoisotopic (exact) mass is 460 g/mol. The average Bonchev–Trinajstić information content (AvgIpc) is 2.96. The Kier molecular flexibility index (Phi) is 6.18. The van der Waals surface area contributed by atoms with E-state index in [9.17, 15) is 24.6 Å². The third-order valence-corrected chi connectivity index (χ3v) is 10.0. The first kappa shape index (κ1) is 24.6. The summed E-state index contributed by atoms with van der Waals surface area (Å²) in [5, 5.41) is 21.6. The Labute approximate surface area is 197 Å². The minimum absolute atomic E-state index is 0.00435. The molecule has 6 heteroatoms. The summed E-state index contributed by atoms with van der Waals surface area (Å²) in [6, 6.07) is 0. The summed E-state index contributed by atoms with van der Waals surface area (Å²) < 4.78 is 6.06. The van der Waals surface area contributed by atoms with Crippen LogP contribution < -0.4 is 0 Å². The maximum atomic E-state index is 13.3. The molecule has 0 bridgehead atoms. The molecule has 2 N–H and O–H groups in total. The number of carbonyl (C=O) groups excluding carboxylic acids is 3. The van der Waals surface area contributed by atoms with Gasteiger partial charge in [0, 0.05) is 24.2 Å². The molecule has 0 amide bonds. The topological polar surface area (TPSA) is 101 Å². The number of carbonyl (C=O) groups is 3. The number of allylic oxidation sites excluding steroid dienone is 1. The van der Waals surface area contributed by atoms with Crippen LogP contribution in [0.3, 0.4) is 0 Å². The molecule has 0 aromatic carbocycles. The third-order valence-electron chi connectivity index (χ3n) is 10.0. The molecule has 33 heavy (non-hydrogen) atoms. The molecule has 3 fully saturated rings. The molecule has 4 aliphatic rings. The van der Waals surface area contributed by atoms with E-state index in [1.54, 1.807) is 0 Å². The summed E-state index contributed by atoms with van der Waals surface area (Å²) in [6.45, 7) is 9.54. The highest BCUT2D eigenvalue weighted by atomic mass is 16.6. The minimum Gasteiger partial charge on any atom is -0.450 e. The first-order valence-electron chi connectivity index (χ1n) is 12.7. The number of fused-ring (bicyclic) bond motifs is 5. The van der Waals surface area contributed by atoms with E-state index >= 15 is 0 Å². The van der Waals surface area contributed by atoms with Crippen molar-refractivity contribution in [2.45, 2.75) is 91.3 Å². The van der Waals surface area contributed by atoms with Crippen LogP contribution in [-0.4, -0.2) is 46.1 Å². The Balaban J connectivity index is 1.80. The Morgan fingerprint density at radius 3 is 2.55 bits per heavy atom.